The molecule has 0 bridgehead atoms. The van der Waals surface area contributed by atoms with Crippen molar-refractivity contribution in [3.63, 3.8) is 0 Å². The van der Waals surface area contributed by atoms with E-state index in [-0.39, 0.29) is 10.9 Å². The van der Waals surface area contributed by atoms with Crippen LogP contribution in [0.3, 0.4) is 0 Å². The van der Waals surface area contributed by atoms with Crippen LogP contribution in [-0.4, -0.2) is 19.6 Å². The summed E-state index contributed by atoms with van der Waals surface area (Å²) in [5.74, 6) is 0.561. The molecule has 2 N–H and O–H groups in total. The molecule has 0 amide bonds. The van der Waals surface area contributed by atoms with Gasteiger partial charge in [0.05, 0.1) is 34.9 Å². The van der Waals surface area contributed by atoms with Crippen LogP contribution >= 0.6 is 47.8 Å². The van der Waals surface area contributed by atoms with Gasteiger partial charge in [0.25, 0.3) is 0 Å². The molecule has 4 rings (SSSR count). The zero-order chi connectivity index (χ0) is 18.4. The first-order valence-corrected chi connectivity index (χ1v) is 9.66. The van der Waals surface area contributed by atoms with Crippen molar-refractivity contribution in [3.8, 4) is 0 Å². The topological polar surface area (TPSA) is 88.8 Å². The van der Waals surface area contributed by atoms with Crippen molar-refractivity contribution in [3.05, 3.63) is 61.5 Å². The molecule has 0 unspecified atom stereocenters. The van der Waals surface area contributed by atoms with Crippen molar-refractivity contribution >= 4 is 81.5 Å². The largest absolute Gasteiger partial charge is 0.733 e. The van der Waals surface area contributed by atoms with Gasteiger partial charge in [-0.3, -0.25) is 9.61 Å². The summed E-state index contributed by atoms with van der Waals surface area (Å²) in [6.45, 7) is 0. The van der Waals surface area contributed by atoms with Crippen molar-refractivity contribution in [2.45, 2.75) is 0 Å². The van der Waals surface area contributed by atoms with E-state index in [4.69, 9.17) is 0 Å². The fourth-order valence-corrected chi connectivity index (χ4v) is 5.17. The first-order chi connectivity index (χ1) is 12.5. The molecule has 0 radical (unpaired) electrons. The second kappa shape index (κ2) is 6.78. The SMILES string of the molecule is [O-]N(O)c1cccc2nc(Nc3c(Br)cc(Br)cc3Br)c3cncn3c12. The minimum absolute atomic E-state index is 0.0931. The molecule has 0 fully saturated rings. The lowest BCUT2D eigenvalue weighted by atomic mass is 10.2. The van der Waals surface area contributed by atoms with E-state index in [1.165, 1.54) is 6.07 Å². The minimum atomic E-state index is -0.168. The molecule has 0 atom stereocenters. The maximum Gasteiger partial charge on any atom is 0.157 e. The molecule has 2 heterocycles. The summed E-state index contributed by atoms with van der Waals surface area (Å²) in [6.07, 6.45) is 3.21. The van der Waals surface area contributed by atoms with Gasteiger partial charge in [0.2, 0.25) is 0 Å². The van der Waals surface area contributed by atoms with Crippen LogP contribution in [0, 0.1) is 5.21 Å². The summed E-state index contributed by atoms with van der Waals surface area (Å²) >= 11 is 10.5. The van der Waals surface area contributed by atoms with Gasteiger partial charge in [-0.25, -0.2) is 9.97 Å². The van der Waals surface area contributed by atoms with Gasteiger partial charge in [-0.2, -0.15) is 0 Å². The highest BCUT2D eigenvalue weighted by Gasteiger charge is 2.15. The monoisotopic (exact) mass is 540 g/mol. The lowest BCUT2D eigenvalue weighted by molar-refractivity contribution is 0.297. The molecule has 2 aromatic carbocycles. The van der Waals surface area contributed by atoms with Gasteiger partial charge >= 0.3 is 0 Å². The van der Waals surface area contributed by atoms with E-state index >= 15 is 0 Å². The summed E-state index contributed by atoms with van der Waals surface area (Å²) in [5.41, 5.74) is 2.56. The number of hydrogen-bond acceptors (Lipinski definition) is 6. The average Bonchev–Trinajstić information content (AvgIpc) is 3.07. The lowest BCUT2D eigenvalue weighted by Crippen LogP contribution is -2.10. The maximum atomic E-state index is 11.5. The molecule has 7 nitrogen and oxygen atoms in total. The summed E-state index contributed by atoms with van der Waals surface area (Å²) in [6, 6.07) is 8.77. The molecule has 0 aliphatic carbocycles. The number of anilines is 3. The summed E-state index contributed by atoms with van der Waals surface area (Å²) in [4.78, 5) is 8.78. The number of rotatable bonds is 3. The second-order valence-electron chi connectivity index (χ2n) is 5.40. The standard InChI is InChI=1S/C16H9Br3N5O2/c17-8-4-9(18)14(10(19)5-8)22-16-13-6-20-7-23(13)15-11(21-16)2-1-3-12(15)24(25)26/h1-7,25H,(H,21,22)/q-1. The Bertz CT molecular complexity index is 1120. The number of nitrogens with zero attached hydrogens (tertiary/aromatic N) is 4. The zero-order valence-corrected chi connectivity index (χ0v) is 17.6. The fourth-order valence-electron chi connectivity index (χ4n) is 2.71. The van der Waals surface area contributed by atoms with Gasteiger partial charge in [-0.15, -0.1) is 0 Å². The van der Waals surface area contributed by atoms with Gasteiger partial charge in [0.15, 0.2) is 5.82 Å². The summed E-state index contributed by atoms with van der Waals surface area (Å²) in [7, 11) is 0. The third kappa shape index (κ3) is 2.97. The molecule has 0 aliphatic heterocycles. The van der Waals surface area contributed by atoms with Crippen LogP contribution in [0.1, 0.15) is 0 Å². The van der Waals surface area contributed by atoms with E-state index in [0.717, 1.165) is 19.1 Å². The number of para-hydroxylation sites is 1. The highest BCUT2D eigenvalue weighted by Crippen LogP contribution is 2.37. The Morgan fingerprint density at radius 1 is 1.15 bits per heavy atom. The number of aromatic nitrogens is 3. The number of hydrogen-bond donors (Lipinski definition) is 2. The van der Waals surface area contributed by atoms with Crippen LogP contribution in [0.4, 0.5) is 17.2 Å². The molecule has 10 heteroatoms. The predicted molar refractivity (Wildman–Crippen MR) is 111 cm³/mol. The van der Waals surface area contributed by atoms with E-state index < -0.39 is 0 Å². The molecule has 0 saturated heterocycles. The molecule has 4 aromatic rings. The first-order valence-electron chi connectivity index (χ1n) is 7.28. The molecular formula is C16H9Br3N5O2-. The van der Waals surface area contributed by atoms with E-state index in [1.807, 2.05) is 12.1 Å². The van der Waals surface area contributed by atoms with Crippen LogP contribution in [0.2, 0.25) is 0 Å². The van der Waals surface area contributed by atoms with Crippen LogP contribution in [0.5, 0.6) is 0 Å². The van der Waals surface area contributed by atoms with Crippen molar-refractivity contribution in [2.24, 2.45) is 0 Å². The van der Waals surface area contributed by atoms with E-state index in [2.05, 4.69) is 63.1 Å². The number of benzene rings is 2. The summed E-state index contributed by atoms with van der Waals surface area (Å²) in [5, 5.41) is 24.0. The Hall–Kier alpha value is -1.72. The highest BCUT2D eigenvalue weighted by atomic mass is 79.9. The first kappa shape index (κ1) is 17.7. The van der Waals surface area contributed by atoms with Gasteiger partial charge < -0.3 is 15.8 Å². The molecular weight excluding hydrogens is 534 g/mol. The van der Waals surface area contributed by atoms with Gasteiger partial charge in [0, 0.05) is 13.4 Å². The second-order valence-corrected chi connectivity index (χ2v) is 8.02. The van der Waals surface area contributed by atoms with Crippen molar-refractivity contribution < 1.29 is 5.21 Å². The molecule has 0 saturated carbocycles. The number of fused-ring (bicyclic) bond motifs is 3. The number of halogens is 3. The van der Waals surface area contributed by atoms with Gasteiger partial charge in [0.1, 0.15) is 5.52 Å². The van der Waals surface area contributed by atoms with Crippen LogP contribution in [0.25, 0.3) is 16.6 Å². The Balaban J connectivity index is 1.96. The fraction of sp³-hybridized carbons (Fsp3) is 0. The van der Waals surface area contributed by atoms with Crippen LogP contribution in [-0.2, 0) is 0 Å². The van der Waals surface area contributed by atoms with E-state index in [0.29, 0.717) is 22.4 Å². The Morgan fingerprint density at radius 3 is 2.58 bits per heavy atom. The third-order valence-corrected chi connectivity index (χ3v) is 5.51. The molecule has 2 aromatic heterocycles. The predicted octanol–water partition coefficient (Wildman–Crippen LogP) is 5.61. The van der Waals surface area contributed by atoms with Crippen LogP contribution < -0.4 is 10.5 Å². The van der Waals surface area contributed by atoms with Crippen molar-refractivity contribution in [1.29, 1.82) is 0 Å². The Kier molecular flexibility index (Phi) is 4.61. The third-order valence-electron chi connectivity index (χ3n) is 3.80. The molecule has 0 aliphatic rings. The molecule has 0 spiro atoms. The molecule has 26 heavy (non-hydrogen) atoms. The molecule has 132 valence electrons. The van der Waals surface area contributed by atoms with Gasteiger partial charge in [-0.05, 0) is 56.1 Å². The quantitative estimate of drug-likeness (QED) is 0.327. The normalized spacial score (nSPS) is 11.3. The van der Waals surface area contributed by atoms with Crippen LogP contribution in [0.15, 0.2) is 56.3 Å². The average molecular weight is 543 g/mol. The lowest BCUT2D eigenvalue weighted by Gasteiger charge is -2.23. The highest BCUT2D eigenvalue weighted by molar-refractivity contribution is 9.11. The number of imidazole rings is 1. The Morgan fingerprint density at radius 2 is 1.88 bits per heavy atom. The maximum absolute atomic E-state index is 11.5. The van der Waals surface area contributed by atoms with Crippen molar-refractivity contribution in [1.82, 2.24) is 14.4 Å². The minimum Gasteiger partial charge on any atom is -0.733 e. The summed E-state index contributed by atoms with van der Waals surface area (Å²) < 4.78 is 4.31. The van der Waals surface area contributed by atoms with Gasteiger partial charge in [-0.1, -0.05) is 22.0 Å². The zero-order valence-electron chi connectivity index (χ0n) is 12.8. The Labute approximate surface area is 172 Å². The van der Waals surface area contributed by atoms with E-state index in [1.54, 1.807) is 29.1 Å². The van der Waals surface area contributed by atoms with Crippen molar-refractivity contribution in [2.75, 3.05) is 10.5 Å². The number of nitrogens with one attached hydrogen (secondary N) is 1. The van der Waals surface area contributed by atoms with E-state index in [9.17, 15) is 10.4 Å². The smallest absolute Gasteiger partial charge is 0.157 e.